The standard InChI is InChI=1S/C28H31FN2O2/c1-21(2)30-28(33)26(19-23-13-7-4-8-14-23)31(20-24-15-9-10-16-25(24)29)27(32)18-17-22-11-5-3-6-12-22/h3-16,21,26H,17-20H2,1-2H3,(H,30,33)/t26-/m1/s1. The minimum atomic E-state index is -0.752. The number of carbonyl (C=O) groups excluding carboxylic acids is 2. The van der Waals surface area contributed by atoms with Crippen LogP contribution in [0.4, 0.5) is 4.39 Å². The minimum absolute atomic E-state index is 0.0311. The van der Waals surface area contributed by atoms with Gasteiger partial charge in [-0.3, -0.25) is 9.59 Å². The molecule has 0 aliphatic rings. The Morgan fingerprint density at radius 1 is 0.848 bits per heavy atom. The highest BCUT2D eigenvalue weighted by Gasteiger charge is 2.31. The first-order valence-electron chi connectivity index (χ1n) is 11.3. The summed E-state index contributed by atoms with van der Waals surface area (Å²) in [5, 5.41) is 2.95. The normalized spacial score (nSPS) is 11.8. The first kappa shape index (κ1) is 24.2. The number of hydrogen-bond donors (Lipinski definition) is 1. The number of rotatable bonds is 10. The summed E-state index contributed by atoms with van der Waals surface area (Å²) in [6.45, 7) is 3.80. The minimum Gasteiger partial charge on any atom is -0.352 e. The molecular weight excluding hydrogens is 415 g/mol. The van der Waals surface area contributed by atoms with Gasteiger partial charge in [0, 0.05) is 31.0 Å². The maximum atomic E-state index is 14.5. The van der Waals surface area contributed by atoms with Gasteiger partial charge in [-0.25, -0.2) is 4.39 Å². The van der Waals surface area contributed by atoms with Gasteiger partial charge < -0.3 is 10.2 Å². The molecule has 2 amide bonds. The van der Waals surface area contributed by atoms with Crippen molar-refractivity contribution in [2.75, 3.05) is 0 Å². The van der Waals surface area contributed by atoms with E-state index in [0.29, 0.717) is 18.4 Å². The van der Waals surface area contributed by atoms with E-state index in [4.69, 9.17) is 0 Å². The largest absolute Gasteiger partial charge is 0.352 e. The average molecular weight is 447 g/mol. The van der Waals surface area contributed by atoms with Crippen molar-refractivity contribution in [3.8, 4) is 0 Å². The highest BCUT2D eigenvalue weighted by Crippen LogP contribution is 2.18. The Balaban J connectivity index is 1.91. The molecule has 0 aliphatic heterocycles. The fourth-order valence-corrected chi connectivity index (χ4v) is 3.78. The van der Waals surface area contributed by atoms with E-state index in [9.17, 15) is 14.0 Å². The average Bonchev–Trinajstić information content (AvgIpc) is 2.81. The van der Waals surface area contributed by atoms with Crippen LogP contribution in [0.25, 0.3) is 0 Å². The maximum absolute atomic E-state index is 14.5. The van der Waals surface area contributed by atoms with Crippen molar-refractivity contribution >= 4 is 11.8 Å². The van der Waals surface area contributed by atoms with Gasteiger partial charge in [-0.05, 0) is 37.5 Å². The van der Waals surface area contributed by atoms with E-state index in [1.54, 1.807) is 18.2 Å². The molecule has 0 spiro atoms. The van der Waals surface area contributed by atoms with Gasteiger partial charge >= 0.3 is 0 Å². The van der Waals surface area contributed by atoms with E-state index in [0.717, 1.165) is 11.1 Å². The second-order valence-corrected chi connectivity index (χ2v) is 8.47. The molecule has 0 aliphatic carbocycles. The molecule has 172 valence electrons. The fourth-order valence-electron chi connectivity index (χ4n) is 3.78. The smallest absolute Gasteiger partial charge is 0.243 e. The molecule has 0 radical (unpaired) electrons. The van der Waals surface area contributed by atoms with Gasteiger partial charge in [-0.1, -0.05) is 78.9 Å². The van der Waals surface area contributed by atoms with Gasteiger partial charge in [-0.15, -0.1) is 0 Å². The third-order valence-electron chi connectivity index (χ3n) is 5.47. The van der Waals surface area contributed by atoms with Crippen molar-refractivity contribution < 1.29 is 14.0 Å². The third-order valence-corrected chi connectivity index (χ3v) is 5.47. The first-order chi connectivity index (χ1) is 15.9. The molecule has 1 N–H and O–H groups in total. The molecule has 5 heteroatoms. The molecule has 0 saturated heterocycles. The van der Waals surface area contributed by atoms with Crippen LogP contribution in [0.15, 0.2) is 84.9 Å². The molecule has 0 saturated carbocycles. The number of carbonyl (C=O) groups is 2. The molecule has 0 aromatic heterocycles. The second-order valence-electron chi connectivity index (χ2n) is 8.47. The Kier molecular flexibility index (Phi) is 8.76. The number of benzene rings is 3. The zero-order valence-electron chi connectivity index (χ0n) is 19.2. The number of amides is 2. The van der Waals surface area contributed by atoms with Gasteiger partial charge in [-0.2, -0.15) is 0 Å². The van der Waals surface area contributed by atoms with Gasteiger partial charge in [0.25, 0.3) is 0 Å². The van der Waals surface area contributed by atoms with Crippen LogP contribution < -0.4 is 5.32 Å². The van der Waals surface area contributed by atoms with Crippen LogP contribution in [0.3, 0.4) is 0 Å². The Hall–Kier alpha value is -3.47. The maximum Gasteiger partial charge on any atom is 0.243 e. The molecule has 33 heavy (non-hydrogen) atoms. The van der Waals surface area contributed by atoms with E-state index in [1.165, 1.54) is 11.0 Å². The fraction of sp³-hybridized carbons (Fsp3) is 0.286. The summed E-state index contributed by atoms with van der Waals surface area (Å²) in [6.07, 6.45) is 1.14. The van der Waals surface area contributed by atoms with Crippen molar-refractivity contribution in [2.45, 2.75) is 51.7 Å². The SMILES string of the molecule is CC(C)NC(=O)[C@@H](Cc1ccccc1)N(Cc1ccccc1F)C(=O)CCc1ccccc1. The molecule has 1 atom stereocenters. The topological polar surface area (TPSA) is 49.4 Å². The van der Waals surface area contributed by atoms with Crippen LogP contribution >= 0.6 is 0 Å². The first-order valence-corrected chi connectivity index (χ1v) is 11.3. The Bertz CT molecular complexity index is 1040. The van der Waals surface area contributed by atoms with Crippen LogP contribution in [-0.2, 0) is 29.0 Å². The van der Waals surface area contributed by atoms with Crippen molar-refractivity contribution in [3.05, 3.63) is 107 Å². The van der Waals surface area contributed by atoms with Gasteiger partial charge in [0.1, 0.15) is 11.9 Å². The quantitative estimate of drug-likeness (QED) is 0.480. The second kappa shape index (κ2) is 12.0. The summed E-state index contributed by atoms with van der Waals surface area (Å²) in [6, 6.07) is 24.9. The lowest BCUT2D eigenvalue weighted by Gasteiger charge is -2.32. The van der Waals surface area contributed by atoms with Crippen molar-refractivity contribution in [3.63, 3.8) is 0 Å². The molecule has 0 unspecified atom stereocenters. The predicted octanol–water partition coefficient (Wildman–Crippen LogP) is 4.92. The lowest BCUT2D eigenvalue weighted by Crippen LogP contribution is -2.52. The van der Waals surface area contributed by atoms with Crippen LogP contribution in [0.5, 0.6) is 0 Å². The van der Waals surface area contributed by atoms with Crippen molar-refractivity contribution in [1.82, 2.24) is 10.2 Å². The number of aryl methyl sites for hydroxylation is 1. The summed E-state index contributed by atoms with van der Waals surface area (Å²) in [7, 11) is 0. The van der Waals surface area contributed by atoms with E-state index in [2.05, 4.69) is 5.32 Å². The van der Waals surface area contributed by atoms with Crippen molar-refractivity contribution in [2.24, 2.45) is 0 Å². The number of nitrogens with one attached hydrogen (secondary N) is 1. The Labute approximate surface area is 195 Å². The molecule has 0 heterocycles. The number of halogens is 1. The molecule has 4 nitrogen and oxygen atoms in total. The number of nitrogens with zero attached hydrogens (tertiary/aromatic N) is 1. The molecular formula is C28H31FN2O2. The summed E-state index contributed by atoms with van der Waals surface area (Å²) in [4.78, 5) is 28.3. The van der Waals surface area contributed by atoms with Crippen LogP contribution in [0.2, 0.25) is 0 Å². The molecule has 3 rings (SSSR count). The van der Waals surface area contributed by atoms with E-state index >= 15 is 0 Å². The monoisotopic (exact) mass is 446 g/mol. The zero-order valence-corrected chi connectivity index (χ0v) is 19.2. The summed E-state index contributed by atoms with van der Waals surface area (Å²) < 4.78 is 14.5. The lowest BCUT2D eigenvalue weighted by atomic mass is 10.0. The van der Waals surface area contributed by atoms with Crippen LogP contribution in [0.1, 0.15) is 37.0 Å². The van der Waals surface area contributed by atoms with E-state index in [-0.39, 0.29) is 36.6 Å². The highest BCUT2D eigenvalue weighted by atomic mass is 19.1. The summed E-state index contributed by atoms with van der Waals surface area (Å²) in [5.74, 6) is -0.804. The van der Waals surface area contributed by atoms with Gasteiger partial charge in [0.15, 0.2) is 0 Å². The number of hydrogen-bond acceptors (Lipinski definition) is 2. The summed E-state index contributed by atoms with van der Waals surface area (Å²) in [5.41, 5.74) is 2.37. The van der Waals surface area contributed by atoms with E-state index in [1.807, 2.05) is 74.5 Å². The zero-order chi connectivity index (χ0) is 23.6. The lowest BCUT2D eigenvalue weighted by molar-refractivity contribution is -0.141. The summed E-state index contributed by atoms with van der Waals surface area (Å²) >= 11 is 0. The predicted molar refractivity (Wildman–Crippen MR) is 129 cm³/mol. The molecule has 3 aromatic carbocycles. The van der Waals surface area contributed by atoms with Crippen LogP contribution in [-0.4, -0.2) is 28.8 Å². The molecule has 3 aromatic rings. The molecule has 0 bridgehead atoms. The third kappa shape index (κ3) is 7.28. The van der Waals surface area contributed by atoms with Crippen LogP contribution in [0, 0.1) is 5.82 Å². The Morgan fingerprint density at radius 3 is 2.03 bits per heavy atom. The van der Waals surface area contributed by atoms with Gasteiger partial charge in [0.2, 0.25) is 11.8 Å². The Morgan fingerprint density at radius 2 is 1.42 bits per heavy atom. The molecule has 0 fully saturated rings. The van der Waals surface area contributed by atoms with Crippen molar-refractivity contribution in [1.29, 1.82) is 0 Å². The highest BCUT2D eigenvalue weighted by molar-refractivity contribution is 5.88. The van der Waals surface area contributed by atoms with Gasteiger partial charge in [0.05, 0.1) is 0 Å². The van der Waals surface area contributed by atoms with E-state index < -0.39 is 6.04 Å².